The molecule has 0 radical (unpaired) electrons. The molecule has 0 saturated heterocycles. The van der Waals surface area contributed by atoms with Crippen molar-refractivity contribution in [3.05, 3.63) is 29.7 Å². The number of oxazole rings is 1. The van der Waals surface area contributed by atoms with Crippen molar-refractivity contribution in [2.45, 2.75) is 32.9 Å². The van der Waals surface area contributed by atoms with Crippen LogP contribution in [0.5, 0.6) is 0 Å². The molecule has 1 heterocycles. The van der Waals surface area contributed by atoms with Crippen LogP contribution in [0.3, 0.4) is 0 Å². The predicted molar refractivity (Wildman–Crippen MR) is 78.2 cm³/mol. The fraction of sp³-hybridized carbons (Fsp3) is 0.533. The van der Waals surface area contributed by atoms with Gasteiger partial charge >= 0.3 is 0 Å². The number of hydrogen-bond donors (Lipinski definition) is 1. The van der Waals surface area contributed by atoms with Crippen molar-refractivity contribution >= 4 is 11.1 Å². The second-order valence-corrected chi connectivity index (χ2v) is 5.73. The largest absolute Gasteiger partial charge is 0.441 e. The number of aromatic nitrogens is 1. The average Bonchev–Trinajstić information content (AvgIpc) is 2.68. The van der Waals surface area contributed by atoms with E-state index in [-0.39, 0.29) is 5.54 Å². The summed E-state index contributed by atoms with van der Waals surface area (Å²) >= 11 is 0. The zero-order valence-corrected chi connectivity index (χ0v) is 12.4. The summed E-state index contributed by atoms with van der Waals surface area (Å²) in [7, 11) is 4.13. The first-order chi connectivity index (χ1) is 8.92. The van der Waals surface area contributed by atoms with E-state index in [1.165, 1.54) is 5.56 Å². The van der Waals surface area contributed by atoms with Crippen molar-refractivity contribution in [2.24, 2.45) is 0 Å². The maximum absolute atomic E-state index is 5.58. The number of rotatable bonds is 5. The lowest BCUT2D eigenvalue weighted by atomic mass is 10.0. The molecule has 0 saturated carbocycles. The van der Waals surface area contributed by atoms with Crippen LogP contribution in [0.1, 0.15) is 25.3 Å². The Kier molecular flexibility index (Phi) is 3.92. The maximum Gasteiger partial charge on any atom is 0.192 e. The molecule has 0 aliphatic carbocycles. The zero-order chi connectivity index (χ0) is 14.0. The van der Waals surface area contributed by atoms with E-state index in [1.807, 2.05) is 20.0 Å². The molecular weight excluding hydrogens is 238 g/mol. The minimum Gasteiger partial charge on any atom is -0.441 e. The van der Waals surface area contributed by atoms with E-state index in [4.69, 9.17) is 4.42 Å². The molecule has 1 aromatic carbocycles. The van der Waals surface area contributed by atoms with Crippen LogP contribution in [0, 0.1) is 6.92 Å². The number of nitrogens with one attached hydrogen (secondary N) is 1. The van der Waals surface area contributed by atoms with E-state index in [0.717, 1.165) is 30.1 Å². The monoisotopic (exact) mass is 261 g/mol. The second-order valence-electron chi connectivity index (χ2n) is 5.73. The van der Waals surface area contributed by atoms with Crippen molar-refractivity contribution < 1.29 is 4.42 Å². The highest BCUT2D eigenvalue weighted by molar-refractivity contribution is 5.73. The first-order valence-electron chi connectivity index (χ1n) is 6.64. The van der Waals surface area contributed by atoms with Crippen LogP contribution >= 0.6 is 0 Å². The van der Waals surface area contributed by atoms with Crippen LogP contribution in [0.2, 0.25) is 0 Å². The van der Waals surface area contributed by atoms with E-state index in [1.54, 1.807) is 0 Å². The summed E-state index contributed by atoms with van der Waals surface area (Å²) in [5.74, 6) is 0.719. The van der Waals surface area contributed by atoms with Gasteiger partial charge in [-0.05, 0) is 45.6 Å². The van der Waals surface area contributed by atoms with Gasteiger partial charge in [-0.25, -0.2) is 4.98 Å². The van der Waals surface area contributed by atoms with Crippen LogP contribution in [0.15, 0.2) is 22.6 Å². The Bertz CT molecular complexity index is 560. The normalized spacial score (nSPS) is 12.5. The molecule has 0 bridgehead atoms. The van der Waals surface area contributed by atoms with Gasteiger partial charge in [-0.15, -0.1) is 0 Å². The molecule has 0 atom stereocenters. The molecule has 4 heteroatoms. The van der Waals surface area contributed by atoms with Gasteiger partial charge in [-0.1, -0.05) is 6.07 Å². The SMILES string of the molecule is CNCC(C)(C)N(C)Cc1ccc2nc(C)oc2c1. The highest BCUT2D eigenvalue weighted by Gasteiger charge is 2.22. The van der Waals surface area contributed by atoms with Gasteiger partial charge < -0.3 is 9.73 Å². The maximum atomic E-state index is 5.58. The Balaban J connectivity index is 2.16. The fourth-order valence-electron chi connectivity index (χ4n) is 2.24. The smallest absolute Gasteiger partial charge is 0.192 e. The standard InChI is InChI=1S/C15H23N3O/c1-11-17-13-7-6-12(8-14(13)19-11)9-18(5)15(2,3)10-16-4/h6-8,16H,9-10H2,1-5H3. The summed E-state index contributed by atoms with van der Waals surface area (Å²) in [5, 5.41) is 3.24. The molecule has 104 valence electrons. The molecule has 2 rings (SSSR count). The lowest BCUT2D eigenvalue weighted by molar-refractivity contribution is 0.147. The van der Waals surface area contributed by atoms with E-state index in [0.29, 0.717) is 0 Å². The van der Waals surface area contributed by atoms with Crippen LogP contribution in [-0.2, 0) is 6.54 Å². The third-order valence-electron chi connectivity index (χ3n) is 3.62. The van der Waals surface area contributed by atoms with Crippen LogP contribution < -0.4 is 5.32 Å². The van der Waals surface area contributed by atoms with Crippen LogP contribution in [0.25, 0.3) is 11.1 Å². The highest BCUT2D eigenvalue weighted by atomic mass is 16.3. The predicted octanol–water partition coefficient (Wildman–Crippen LogP) is 2.57. The Morgan fingerprint density at radius 3 is 2.79 bits per heavy atom. The number of aryl methyl sites for hydroxylation is 1. The van der Waals surface area contributed by atoms with Crippen LogP contribution in [-0.4, -0.2) is 36.1 Å². The summed E-state index contributed by atoms with van der Waals surface area (Å²) in [5.41, 5.74) is 3.16. The minimum absolute atomic E-state index is 0.112. The zero-order valence-electron chi connectivity index (χ0n) is 12.4. The molecule has 0 fully saturated rings. The average molecular weight is 261 g/mol. The Hall–Kier alpha value is -1.39. The van der Waals surface area contributed by atoms with Crippen molar-refractivity contribution in [2.75, 3.05) is 20.6 Å². The van der Waals surface area contributed by atoms with Gasteiger partial charge in [0.1, 0.15) is 5.52 Å². The quantitative estimate of drug-likeness (QED) is 0.898. The van der Waals surface area contributed by atoms with Crippen molar-refractivity contribution in [1.82, 2.24) is 15.2 Å². The molecule has 0 aliphatic heterocycles. The van der Waals surface area contributed by atoms with Crippen molar-refractivity contribution in [3.8, 4) is 0 Å². The van der Waals surface area contributed by atoms with E-state index >= 15 is 0 Å². The number of fused-ring (bicyclic) bond motifs is 1. The van der Waals surface area contributed by atoms with Gasteiger partial charge in [0, 0.05) is 25.6 Å². The molecule has 0 spiro atoms. The first-order valence-corrected chi connectivity index (χ1v) is 6.64. The lowest BCUT2D eigenvalue weighted by Gasteiger charge is -2.35. The van der Waals surface area contributed by atoms with E-state index < -0.39 is 0 Å². The third kappa shape index (κ3) is 3.14. The first kappa shape index (κ1) is 14.0. The molecular formula is C15H23N3O. The minimum atomic E-state index is 0.112. The van der Waals surface area contributed by atoms with Gasteiger partial charge in [-0.2, -0.15) is 0 Å². The molecule has 19 heavy (non-hydrogen) atoms. The van der Waals surface area contributed by atoms with Gasteiger partial charge in [0.15, 0.2) is 11.5 Å². The van der Waals surface area contributed by atoms with E-state index in [2.05, 4.69) is 48.2 Å². The fourth-order valence-corrected chi connectivity index (χ4v) is 2.24. The molecule has 0 aliphatic rings. The number of benzene rings is 1. The summed E-state index contributed by atoms with van der Waals surface area (Å²) in [6.45, 7) is 8.20. The van der Waals surface area contributed by atoms with Gasteiger partial charge in [0.25, 0.3) is 0 Å². The molecule has 1 N–H and O–H groups in total. The molecule has 0 unspecified atom stereocenters. The summed E-state index contributed by atoms with van der Waals surface area (Å²) in [6, 6.07) is 6.23. The lowest BCUT2D eigenvalue weighted by Crippen LogP contribution is -2.47. The highest BCUT2D eigenvalue weighted by Crippen LogP contribution is 2.20. The van der Waals surface area contributed by atoms with Crippen molar-refractivity contribution in [1.29, 1.82) is 0 Å². The van der Waals surface area contributed by atoms with E-state index in [9.17, 15) is 0 Å². The van der Waals surface area contributed by atoms with Gasteiger partial charge in [-0.3, -0.25) is 4.90 Å². The molecule has 2 aromatic rings. The second kappa shape index (κ2) is 5.31. The molecule has 0 amide bonds. The molecule has 4 nitrogen and oxygen atoms in total. The number of nitrogens with zero attached hydrogens (tertiary/aromatic N) is 2. The topological polar surface area (TPSA) is 41.3 Å². The molecule has 1 aromatic heterocycles. The number of hydrogen-bond acceptors (Lipinski definition) is 4. The Morgan fingerprint density at radius 1 is 1.37 bits per heavy atom. The van der Waals surface area contributed by atoms with Crippen molar-refractivity contribution in [3.63, 3.8) is 0 Å². The number of likely N-dealkylation sites (N-methyl/N-ethyl adjacent to an activating group) is 2. The summed E-state index contributed by atoms with van der Waals surface area (Å²) in [4.78, 5) is 6.66. The summed E-state index contributed by atoms with van der Waals surface area (Å²) in [6.07, 6.45) is 0. The Morgan fingerprint density at radius 2 is 2.11 bits per heavy atom. The summed E-state index contributed by atoms with van der Waals surface area (Å²) < 4.78 is 5.58. The Labute approximate surface area is 114 Å². The van der Waals surface area contributed by atoms with Gasteiger partial charge in [0.05, 0.1) is 0 Å². The van der Waals surface area contributed by atoms with Gasteiger partial charge in [0.2, 0.25) is 0 Å². The van der Waals surface area contributed by atoms with Crippen LogP contribution in [0.4, 0.5) is 0 Å². The third-order valence-corrected chi connectivity index (χ3v) is 3.62.